The van der Waals surface area contributed by atoms with E-state index in [4.69, 9.17) is 9.94 Å². The fourth-order valence-corrected chi connectivity index (χ4v) is 2.88. The number of nitrogens with one attached hydrogen (secondary N) is 1. The molecule has 1 atom stereocenters. The van der Waals surface area contributed by atoms with Crippen LogP contribution in [0.2, 0.25) is 0 Å². The van der Waals surface area contributed by atoms with Gasteiger partial charge in [0.15, 0.2) is 0 Å². The number of benzene rings is 2. The molecule has 0 saturated heterocycles. The second kappa shape index (κ2) is 7.45. The number of para-hydroxylation sites is 1. The van der Waals surface area contributed by atoms with Crippen LogP contribution in [0.25, 0.3) is 0 Å². The molecule has 3 amide bonds. The molecule has 1 heterocycles. The van der Waals surface area contributed by atoms with Gasteiger partial charge in [0.25, 0.3) is 5.91 Å². The number of rotatable bonds is 2. The van der Waals surface area contributed by atoms with Crippen molar-refractivity contribution in [3.8, 4) is 5.75 Å². The average molecular weight is 355 g/mol. The molecule has 26 heavy (non-hydrogen) atoms. The number of hydroxylamine groups is 1. The monoisotopic (exact) mass is 355 g/mol. The van der Waals surface area contributed by atoms with Gasteiger partial charge in [-0.15, -0.1) is 0 Å². The van der Waals surface area contributed by atoms with Gasteiger partial charge in [0.1, 0.15) is 12.4 Å². The molecule has 0 spiro atoms. The molecule has 2 aromatic rings. The molecule has 136 valence electrons. The number of anilines is 1. The molecule has 2 aromatic carbocycles. The number of urea groups is 1. The molecule has 0 fully saturated rings. The zero-order valence-electron chi connectivity index (χ0n) is 14.7. The molecule has 0 aromatic heterocycles. The number of ether oxygens (including phenoxy) is 1. The Labute approximate surface area is 151 Å². The van der Waals surface area contributed by atoms with E-state index in [0.29, 0.717) is 24.5 Å². The van der Waals surface area contributed by atoms with E-state index < -0.39 is 5.91 Å². The van der Waals surface area contributed by atoms with Gasteiger partial charge in [-0.2, -0.15) is 0 Å². The van der Waals surface area contributed by atoms with Gasteiger partial charge in [-0.1, -0.05) is 24.3 Å². The van der Waals surface area contributed by atoms with E-state index >= 15 is 0 Å². The maximum Gasteiger partial charge on any atom is 0.324 e. The molecule has 1 aliphatic rings. The van der Waals surface area contributed by atoms with E-state index in [-0.39, 0.29) is 12.1 Å². The Balaban J connectivity index is 1.85. The predicted molar refractivity (Wildman–Crippen MR) is 96.4 cm³/mol. The van der Waals surface area contributed by atoms with Crippen LogP contribution in [0.4, 0.5) is 10.5 Å². The summed E-state index contributed by atoms with van der Waals surface area (Å²) >= 11 is 0. The van der Waals surface area contributed by atoms with Gasteiger partial charge in [0.2, 0.25) is 0 Å². The summed E-state index contributed by atoms with van der Waals surface area (Å²) in [6.45, 7) is 2.60. The number of hydrogen-bond acceptors (Lipinski definition) is 4. The molecule has 3 rings (SSSR count). The summed E-state index contributed by atoms with van der Waals surface area (Å²) in [7, 11) is 1.74. The van der Waals surface area contributed by atoms with E-state index in [9.17, 15) is 9.59 Å². The van der Waals surface area contributed by atoms with Crippen molar-refractivity contribution in [3.05, 3.63) is 59.7 Å². The number of carbonyl (C=O) groups is 2. The fraction of sp³-hybridized carbons (Fsp3) is 0.263. The zero-order chi connectivity index (χ0) is 18.7. The van der Waals surface area contributed by atoms with E-state index in [1.807, 2.05) is 37.3 Å². The lowest BCUT2D eigenvalue weighted by Gasteiger charge is -2.31. The van der Waals surface area contributed by atoms with Crippen molar-refractivity contribution >= 4 is 17.6 Å². The molecule has 0 radical (unpaired) electrons. The van der Waals surface area contributed by atoms with E-state index in [0.717, 1.165) is 11.3 Å². The summed E-state index contributed by atoms with van der Waals surface area (Å²) in [6.07, 6.45) is 0. The topological polar surface area (TPSA) is 82.1 Å². The highest BCUT2D eigenvalue weighted by molar-refractivity contribution is 5.94. The van der Waals surface area contributed by atoms with Crippen LogP contribution < -0.4 is 15.1 Å². The second-order valence-corrected chi connectivity index (χ2v) is 6.23. The fourth-order valence-electron chi connectivity index (χ4n) is 2.88. The lowest BCUT2D eigenvalue weighted by molar-refractivity contribution is 0.0706. The predicted octanol–water partition coefficient (Wildman–Crippen LogP) is 2.64. The number of nitrogens with zero attached hydrogens (tertiary/aromatic N) is 2. The SMILES string of the molecule is C[C@H]1COc2cc(C(=O)NO)ccc2CN1C(=O)N(C)c1ccccc1. The van der Waals surface area contributed by atoms with Crippen LogP contribution >= 0.6 is 0 Å². The third-order valence-corrected chi connectivity index (χ3v) is 4.46. The first kappa shape index (κ1) is 17.8. The molecular weight excluding hydrogens is 334 g/mol. The summed E-state index contributed by atoms with van der Waals surface area (Å²) in [5, 5.41) is 8.78. The van der Waals surface area contributed by atoms with Crippen molar-refractivity contribution in [3.63, 3.8) is 0 Å². The highest BCUT2D eigenvalue weighted by atomic mass is 16.5. The van der Waals surface area contributed by atoms with Crippen LogP contribution in [0, 0.1) is 0 Å². The lowest BCUT2D eigenvalue weighted by atomic mass is 10.1. The van der Waals surface area contributed by atoms with Crippen molar-refractivity contribution < 1.29 is 19.5 Å². The third-order valence-electron chi connectivity index (χ3n) is 4.46. The minimum atomic E-state index is -0.606. The largest absolute Gasteiger partial charge is 0.491 e. The summed E-state index contributed by atoms with van der Waals surface area (Å²) in [5.41, 5.74) is 3.51. The lowest BCUT2D eigenvalue weighted by Crippen LogP contribution is -2.46. The van der Waals surface area contributed by atoms with Crippen LogP contribution in [0.15, 0.2) is 48.5 Å². The van der Waals surface area contributed by atoms with Gasteiger partial charge in [0.05, 0.1) is 12.6 Å². The molecule has 0 unspecified atom stereocenters. The van der Waals surface area contributed by atoms with Crippen molar-refractivity contribution in [2.24, 2.45) is 0 Å². The Morgan fingerprint density at radius 3 is 2.65 bits per heavy atom. The molecule has 0 bridgehead atoms. The van der Waals surface area contributed by atoms with E-state index in [2.05, 4.69) is 0 Å². The smallest absolute Gasteiger partial charge is 0.324 e. The molecular formula is C19H21N3O4. The normalized spacial score (nSPS) is 16.1. The van der Waals surface area contributed by atoms with Gasteiger partial charge in [0, 0.05) is 23.9 Å². The highest BCUT2D eigenvalue weighted by Crippen LogP contribution is 2.27. The maximum absolute atomic E-state index is 13.0. The maximum atomic E-state index is 13.0. The zero-order valence-corrected chi connectivity index (χ0v) is 14.7. The van der Waals surface area contributed by atoms with Gasteiger partial charge in [-0.05, 0) is 31.2 Å². The van der Waals surface area contributed by atoms with Crippen LogP contribution in [-0.4, -0.2) is 41.7 Å². The van der Waals surface area contributed by atoms with Gasteiger partial charge >= 0.3 is 6.03 Å². The van der Waals surface area contributed by atoms with Crippen molar-refractivity contribution in [1.82, 2.24) is 10.4 Å². The van der Waals surface area contributed by atoms with Crippen LogP contribution in [0.1, 0.15) is 22.8 Å². The second-order valence-electron chi connectivity index (χ2n) is 6.23. The summed E-state index contributed by atoms with van der Waals surface area (Å²) in [6, 6.07) is 14.1. The molecule has 7 heteroatoms. The first-order chi connectivity index (χ1) is 12.5. The Morgan fingerprint density at radius 1 is 1.23 bits per heavy atom. The molecule has 1 aliphatic heterocycles. The van der Waals surface area contributed by atoms with Gasteiger partial charge in [-0.3, -0.25) is 14.9 Å². The van der Waals surface area contributed by atoms with Crippen LogP contribution in [-0.2, 0) is 6.54 Å². The van der Waals surface area contributed by atoms with Crippen LogP contribution in [0.3, 0.4) is 0 Å². The van der Waals surface area contributed by atoms with E-state index in [1.165, 1.54) is 0 Å². The number of amides is 3. The molecule has 2 N–H and O–H groups in total. The van der Waals surface area contributed by atoms with E-state index in [1.54, 1.807) is 40.5 Å². The Hall–Kier alpha value is -3.06. The van der Waals surface area contributed by atoms with Crippen molar-refractivity contribution in [2.45, 2.75) is 19.5 Å². The minimum absolute atomic E-state index is 0.127. The Bertz CT molecular complexity index is 810. The molecule has 0 saturated carbocycles. The highest BCUT2D eigenvalue weighted by Gasteiger charge is 2.28. The third kappa shape index (κ3) is 3.48. The van der Waals surface area contributed by atoms with Gasteiger partial charge < -0.3 is 9.64 Å². The number of carbonyl (C=O) groups excluding carboxylic acids is 2. The van der Waals surface area contributed by atoms with Crippen LogP contribution in [0.5, 0.6) is 5.75 Å². The summed E-state index contributed by atoms with van der Waals surface area (Å²) < 4.78 is 5.79. The Morgan fingerprint density at radius 2 is 1.96 bits per heavy atom. The average Bonchev–Trinajstić information content (AvgIpc) is 2.85. The number of fused-ring (bicyclic) bond motifs is 1. The van der Waals surface area contributed by atoms with Crippen molar-refractivity contribution in [1.29, 1.82) is 0 Å². The summed E-state index contributed by atoms with van der Waals surface area (Å²) in [4.78, 5) is 27.9. The molecule has 7 nitrogen and oxygen atoms in total. The van der Waals surface area contributed by atoms with Gasteiger partial charge in [-0.25, -0.2) is 10.3 Å². The first-order valence-corrected chi connectivity index (χ1v) is 8.30. The Kier molecular flexibility index (Phi) is 5.09. The summed E-state index contributed by atoms with van der Waals surface area (Å²) in [5.74, 6) is -0.0685. The molecule has 0 aliphatic carbocycles. The van der Waals surface area contributed by atoms with Crippen molar-refractivity contribution in [2.75, 3.05) is 18.6 Å². The minimum Gasteiger partial charge on any atom is -0.491 e. The first-order valence-electron chi connectivity index (χ1n) is 8.30. The number of hydrogen-bond donors (Lipinski definition) is 2. The standard InChI is InChI=1S/C19H21N3O4/c1-13-12-26-17-10-14(18(23)20-25)8-9-15(17)11-22(13)19(24)21(2)16-6-4-3-5-7-16/h3-10,13,25H,11-12H2,1-2H3,(H,20,23)/t13-/m0/s1. The quantitative estimate of drug-likeness (QED) is 0.641.